The second kappa shape index (κ2) is 9.81. The van der Waals surface area contributed by atoms with Crippen LogP contribution in [0.15, 0.2) is 71.3 Å². The van der Waals surface area contributed by atoms with Crippen molar-refractivity contribution in [3.63, 3.8) is 0 Å². The zero-order valence-corrected chi connectivity index (χ0v) is 20.6. The van der Waals surface area contributed by atoms with Crippen LogP contribution >= 0.6 is 0 Å². The number of nitrogens with zero attached hydrogens (tertiary/aromatic N) is 3. The number of ether oxygens (including phenoxy) is 2. The molecule has 8 heteroatoms. The molecule has 0 N–H and O–H groups in total. The third-order valence-electron chi connectivity index (χ3n) is 6.71. The van der Waals surface area contributed by atoms with Crippen molar-refractivity contribution >= 4 is 22.9 Å². The van der Waals surface area contributed by atoms with Gasteiger partial charge in [-0.15, -0.1) is 0 Å². The molecule has 1 aliphatic heterocycles. The van der Waals surface area contributed by atoms with E-state index in [0.29, 0.717) is 48.9 Å². The van der Waals surface area contributed by atoms with E-state index in [9.17, 15) is 9.59 Å². The molecule has 0 bridgehead atoms. The highest BCUT2D eigenvalue weighted by atomic mass is 16.5. The van der Waals surface area contributed by atoms with Gasteiger partial charge in [0.05, 0.1) is 27.0 Å². The average Bonchev–Trinajstić information content (AvgIpc) is 3.50. The summed E-state index contributed by atoms with van der Waals surface area (Å²) in [7, 11) is 3.23. The van der Waals surface area contributed by atoms with Crippen molar-refractivity contribution in [2.45, 2.75) is 19.5 Å². The number of benzene rings is 2. The molecular weight excluding hydrogens is 458 g/mol. The Balaban J connectivity index is 1.34. The van der Waals surface area contributed by atoms with Gasteiger partial charge < -0.3 is 28.3 Å². The number of fused-ring (bicyclic) bond motifs is 1. The van der Waals surface area contributed by atoms with E-state index in [0.717, 1.165) is 16.7 Å². The molecule has 2 amide bonds. The minimum absolute atomic E-state index is 0.0452. The summed E-state index contributed by atoms with van der Waals surface area (Å²) in [6, 6.07) is 18.5. The third kappa shape index (κ3) is 4.42. The lowest BCUT2D eigenvalue weighted by molar-refractivity contribution is 0.0409. The highest BCUT2D eigenvalue weighted by molar-refractivity contribution is 5.98. The molecule has 4 aromatic rings. The van der Waals surface area contributed by atoms with E-state index in [1.807, 2.05) is 57.7 Å². The zero-order valence-electron chi connectivity index (χ0n) is 20.6. The first-order valence-corrected chi connectivity index (χ1v) is 11.9. The first-order chi connectivity index (χ1) is 17.5. The van der Waals surface area contributed by atoms with E-state index in [2.05, 4.69) is 0 Å². The number of methoxy groups -OCH3 is 2. The Kier molecular flexibility index (Phi) is 6.41. The molecule has 0 spiro atoms. The van der Waals surface area contributed by atoms with Crippen molar-refractivity contribution in [2.24, 2.45) is 0 Å². The molecule has 0 radical (unpaired) electrons. The summed E-state index contributed by atoms with van der Waals surface area (Å²) in [6.45, 7) is 3.82. The van der Waals surface area contributed by atoms with Crippen LogP contribution in [0.5, 0.6) is 11.5 Å². The summed E-state index contributed by atoms with van der Waals surface area (Å²) >= 11 is 0. The van der Waals surface area contributed by atoms with Crippen molar-refractivity contribution in [3.05, 3.63) is 83.7 Å². The summed E-state index contributed by atoms with van der Waals surface area (Å²) in [5, 5.41) is 0.877. The average molecular weight is 488 g/mol. The first kappa shape index (κ1) is 23.5. The largest absolute Gasteiger partial charge is 0.497 e. The number of hydrogen-bond donors (Lipinski definition) is 0. The van der Waals surface area contributed by atoms with Crippen molar-refractivity contribution in [1.29, 1.82) is 0 Å². The maximum atomic E-state index is 13.7. The summed E-state index contributed by atoms with van der Waals surface area (Å²) in [4.78, 5) is 30.4. The fourth-order valence-corrected chi connectivity index (χ4v) is 4.77. The Bertz CT molecular complexity index is 1390. The maximum Gasteiger partial charge on any atom is 0.270 e. The number of aromatic nitrogens is 1. The minimum Gasteiger partial charge on any atom is -0.497 e. The van der Waals surface area contributed by atoms with E-state index in [-0.39, 0.29) is 17.9 Å². The zero-order chi connectivity index (χ0) is 25.2. The maximum absolute atomic E-state index is 13.7. The smallest absolute Gasteiger partial charge is 0.270 e. The molecule has 0 saturated carbocycles. The highest BCUT2D eigenvalue weighted by Crippen LogP contribution is 2.26. The summed E-state index contributed by atoms with van der Waals surface area (Å²) in [5.74, 6) is 1.34. The minimum atomic E-state index is -0.123. The molecule has 186 valence electrons. The molecular formula is C28H29N3O5. The Labute approximate surface area is 209 Å². The molecule has 1 fully saturated rings. The standard InChI is InChI=1S/C28H29N3O5/c1-19-17-29(12-13-30(19)26(32)21-7-9-23(34-2)10-8-21)27(33)25-16-22-11-14-36-28(22)31(25)18-20-5-4-6-24(15-20)35-3/h4-11,14-16,19H,12-13,17-18H2,1-3H3. The third-order valence-corrected chi connectivity index (χ3v) is 6.71. The molecule has 3 heterocycles. The Morgan fingerprint density at radius 2 is 1.72 bits per heavy atom. The van der Waals surface area contributed by atoms with Crippen LogP contribution in [0.1, 0.15) is 33.3 Å². The first-order valence-electron chi connectivity index (χ1n) is 11.9. The van der Waals surface area contributed by atoms with Crippen molar-refractivity contribution in [2.75, 3.05) is 33.9 Å². The monoisotopic (exact) mass is 487 g/mol. The van der Waals surface area contributed by atoms with E-state index in [1.54, 1.807) is 44.7 Å². The van der Waals surface area contributed by atoms with Gasteiger partial charge in [-0.25, -0.2) is 0 Å². The molecule has 36 heavy (non-hydrogen) atoms. The predicted molar refractivity (Wildman–Crippen MR) is 136 cm³/mol. The summed E-state index contributed by atoms with van der Waals surface area (Å²) in [6.07, 6.45) is 1.63. The fourth-order valence-electron chi connectivity index (χ4n) is 4.77. The molecule has 0 aliphatic carbocycles. The van der Waals surface area contributed by atoms with Gasteiger partial charge in [0.15, 0.2) is 0 Å². The lowest BCUT2D eigenvalue weighted by atomic mass is 10.1. The van der Waals surface area contributed by atoms with Crippen molar-refractivity contribution in [1.82, 2.24) is 14.4 Å². The molecule has 2 aromatic heterocycles. The van der Waals surface area contributed by atoms with Crippen LogP contribution in [0, 0.1) is 0 Å². The highest BCUT2D eigenvalue weighted by Gasteiger charge is 2.32. The Morgan fingerprint density at radius 3 is 2.44 bits per heavy atom. The Morgan fingerprint density at radius 1 is 0.944 bits per heavy atom. The predicted octanol–water partition coefficient (Wildman–Crippen LogP) is 4.29. The van der Waals surface area contributed by atoms with Crippen LogP contribution in [0.4, 0.5) is 0 Å². The quantitative estimate of drug-likeness (QED) is 0.406. The SMILES string of the molecule is COc1ccc(C(=O)N2CCN(C(=O)c3cc4ccoc4n3Cc3cccc(OC)c3)CC2C)cc1. The lowest BCUT2D eigenvalue weighted by Crippen LogP contribution is -2.55. The molecule has 1 atom stereocenters. The van der Waals surface area contributed by atoms with Crippen molar-refractivity contribution in [3.8, 4) is 11.5 Å². The topological polar surface area (TPSA) is 77.2 Å². The van der Waals surface area contributed by atoms with Crippen LogP contribution in [0.25, 0.3) is 11.1 Å². The van der Waals surface area contributed by atoms with Crippen LogP contribution < -0.4 is 9.47 Å². The van der Waals surface area contributed by atoms with Gasteiger partial charge in [0.25, 0.3) is 11.8 Å². The molecule has 8 nitrogen and oxygen atoms in total. The molecule has 2 aromatic carbocycles. The van der Waals surface area contributed by atoms with Gasteiger partial charge in [-0.05, 0) is 61.0 Å². The van der Waals surface area contributed by atoms with E-state index in [4.69, 9.17) is 13.9 Å². The number of carbonyl (C=O) groups is 2. The summed E-state index contributed by atoms with van der Waals surface area (Å²) in [5.41, 5.74) is 2.83. The second-order valence-corrected chi connectivity index (χ2v) is 8.98. The number of rotatable bonds is 6. The van der Waals surface area contributed by atoms with E-state index >= 15 is 0 Å². The Hall–Kier alpha value is -4.20. The second-order valence-electron chi connectivity index (χ2n) is 8.98. The molecule has 5 rings (SSSR count). The number of carbonyl (C=O) groups excluding carboxylic acids is 2. The van der Waals surface area contributed by atoms with Crippen LogP contribution in [-0.2, 0) is 6.54 Å². The number of furan rings is 1. The number of hydrogen-bond acceptors (Lipinski definition) is 5. The van der Waals surface area contributed by atoms with Gasteiger partial charge in [0.2, 0.25) is 5.71 Å². The van der Waals surface area contributed by atoms with Gasteiger partial charge in [-0.3, -0.25) is 9.59 Å². The van der Waals surface area contributed by atoms with Gasteiger partial charge in [-0.2, -0.15) is 0 Å². The van der Waals surface area contributed by atoms with Gasteiger partial charge in [0.1, 0.15) is 17.2 Å². The van der Waals surface area contributed by atoms with Crippen molar-refractivity contribution < 1.29 is 23.5 Å². The van der Waals surface area contributed by atoms with Crippen LogP contribution in [0.3, 0.4) is 0 Å². The molecule has 1 aliphatic rings. The molecule has 1 saturated heterocycles. The van der Waals surface area contributed by atoms with Gasteiger partial charge >= 0.3 is 0 Å². The van der Waals surface area contributed by atoms with Crippen LogP contribution in [-0.4, -0.2) is 66.1 Å². The lowest BCUT2D eigenvalue weighted by Gasteiger charge is -2.40. The number of piperazine rings is 1. The van der Waals surface area contributed by atoms with Gasteiger partial charge in [-0.1, -0.05) is 12.1 Å². The molecule has 1 unspecified atom stereocenters. The van der Waals surface area contributed by atoms with E-state index < -0.39 is 0 Å². The van der Waals surface area contributed by atoms with Gasteiger partial charge in [0, 0.05) is 36.6 Å². The van der Waals surface area contributed by atoms with Crippen LogP contribution in [0.2, 0.25) is 0 Å². The number of amides is 2. The van der Waals surface area contributed by atoms with E-state index in [1.165, 1.54) is 0 Å². The fraction of sp³-hybridized carbons (Fsp3) is 0.286. The summed E-state index contributed by atoms with van der Waals surface area (Å²) < 4.78 is 18.2. The normalized spacial score (nSPS) is 15.8.